The van der Waals surface area contributed by atoms with Crippen molar-refractivity contribution in [1.82, 2.24) is 4.90 Å². The van der Waals surface area contributed by atoms with E-state index in [9.17, 15) is 14.7 Å². The largest absolute Gasteiger partial charge is 0.507 e. The number of rotatable bonds is 10. The zero-order valence-corrected chi connectivity index (χ0v) is 18.2. The lowest BCUT2D eigenvalue weighted by molar-refractivity contribution is -0.140. The van der Waals surface area contributed by atoms with Gasteiger partial charge in [0.2, 0.25) is 0 Å². The van der Waals surface area contributed by atoms with E-state index in [2.05, 4.69) is 6.58 Å². The fraction of sp³-hybridized carbons (Fsp3) is 0.280. The number of carbonyl (C=O) groups is 2. The number of hydrogen-bond acceptors (Lipinski definition) is 6. The first-order chi connectivity index (χ1) is 15.5. The molecule has 1 saturated heterocycles. The highest BCUT2D eigenvalue weighted by Crippen LogP contribution is 2.40. The summed E-state index contributed by atoms with van der Waals surface area (Å²) in [6.45, 7) is 6.77. The summed E-state index contributed by atoms with van der Waals surface area (Å²) in [4.78, 5) is 27.2. The van der Waals surface area contributed by atoms with Gasteiger partial charge in [-0.1, -0.05) is 24.8 Å². The molecule has 32 heavy (non-hydrogen) atoms. The molecule has 168 valence electrons. The molecule has 0 aromatic heterocycles. The number of benzene rings is 2. The first-order valence-electron chi connectivity index (χ1n) is 10.4. The number of ether oxygens (including phenoxy) is 3. The van der Waals surface area contributed by atoms with Gasteiger partial charge in [-0.05, 0) is 48.9 Å². The van der Waals surface area contributed by atoms with Crippen molar-refractivity contribution in [2.24, 2.45) is 0 Å². The van der Waals surface area contributed by atoms with Gasteiger partial charge in [-0.2, -0.15) is 0 Å². The van der Waals surface area contributed by atoms with E-state index in [0.29, 0.717) is 35.8 Å². The Labute approximate surface area is 187 Å². The molecule has 0 aliphatic carbocycles. The maximum atomic E-state index is 13.0. The first kappa shape index (κ1) is 23.1. The number of nitrogens with zero attached hydrogens (tertiary/aromatic N) is 1. The average Bonchev–Trinajstić information content (AvgIpc) is 3.06. The van der Waals surface area contributed by atoms with Gasteiger partial charge in [-0.25, -0.2) is 0 Å². The number of amides is 1. The summed E-state index contributed by atoms with van der Waals surface area (Å²) in [6.07, 6.45) is 1.63. The molecule has 2 aromatic carbocycles. The van der Waals surface area contributed by atoms with E-state index in [1.165, 1.54) is 12.0 Å². The van der Waals surface area contributed by atoms with Gasteiger partial charge in [0.05, 0.1) is 24.8 Å². The van der Waals surface area contributed by atoms with Crippen molar-refractivity contribution in [3.63, 3.8) is 0 Å². The van der Waals surface area contributed by atoms with Gasteiger partial charge in [0.15, 0.2) is 0 Å². The second-order valence-electron chi connectivity index (χ2n) is 7.11. The Bertz CT molecular complexity index is 1010. The Morgan fingerprint density at radius 3 is 2.53 bits per heavy atom. The smallest absolute Gasteiger partial charge is 0.295 e. The molecule has 0 radical (unpaired) electrons. The Balaban J connectivity index is 2.07. The number of carbonyl (C=O) groups excluding carboxylic acids is 2. The van der Waals surface area contributed by atoms with Crippen molar-refractivity contribution in [3.8, 4) is 11.5 Å². The molecule has 1 atom stereocenters. The molecule has 7 nitrogen and oxygen atoms in total. The van der Waals surface area contributed by atoms with Crippen molar-refractivity contribution >= 4 is 17.4 Å². The van der Waals surface area contributed by atoms with Crippen LogP contribution in [0.4, 0.5) is 0 Å². The van der Waals surface area contributed by atoms with E-state index in [4.69, 9.17) is 14.2 Å². The van der Waals surface area contributed by atoms with Gasteiger partial charge in [0.25, 0.3) is 11.7 Å². The lowest BCUT2D eigenvalue weighted by atomic mass is 9.95. The van der Waals surface area contributed by atoms with E-state index < -0.39 is 17.7 Å². The van der Waals surface area contributed by atoms with E-state index in [0.717, 1.165) is 0 Å². The average molecular weight is 437 g/mol. The predicted molar refractivity (Wildman–Crippen MR) is 121 cm³/mol. The van der Waals surface area contributed by atoms with Crippen molar-refractivity contribution in [2.75, 3.05) is 33.5 Å². The minimum atomic E-state index is -0.762. The Kier molecular flexibility index (Phi) is 7.68. The molecular weight excluding hydrogens is 410 g/mol. The molecule has 1 N–H and O–H groups in total. The van der Waals surface area contributed by atoms with Gasteiger partial charge >= 0.3 is 0 Å². The van der Waals surface area contributed by atoms with Crippen LogP contribution in [-0.2, 0) is 14.3 Å². The number of hydrogen-bond donors (Lipinski definition) is 1. The minimum absolute atomic E-state index is 0.0273. The van der Waals surface area contributed by atoms with Gasteiger partial charge in [0.1, 0.15) is 23.9 Å². The topological polar surface area (TPSA) is 85.3 Å². The van der Waals surface area contributed by atoms with Crippen LogP contribution in [0, 0.1) is 0 Å². The predicted octanol–water partition coefficient (Wildman–Crippen LogP) is 3.72. The Morgan fingerprint density at radius 1 is 1.12 bits per heavy atom. The second-order valence-corrected chi connectivity index (χ2v) is 7.11. The third-order valence-corrected chi connectivity index (χ3v) is 5.06. The fourth-order valence-corrected chi connectivity index (χ4v) is 3.61. The van der Waals surface area contributed by atoms with Crippen LogP contribution in [0.1, 0.15) is 24.1 Å². The lowest BCUT2D eigenvalue weighted by Crippen LogP contribution is -2.32. The molecule has 0 spiro atoms. The van der Waals surface area contributed by atoms with Gasteiger partial charge in [-0.3, -0.25) is 9.59 Å². The number of aliphatic hydroxyl groups excluding tert-OH is 1. The highest BCUT2D eigenvalue weighted by molar-refractivity contribution is 6.46. The third-order valence-electron chi connectivity index (χ3n) is 5.06. The summed E-state index contributed by atoms with van der Waals surface area (Å²) in [5.41, 5.74) is 1.10. The quantitative estimate of drug-likeness (QED) is 0.264. The summed E-state index contributed by atoms with van der Waals surface area (Å²) in [5, 5.41) is 11.1. The normalized spacial score (nSPS) is 17.4. The summed E-state index contributed by atoms with van der Waals surface area (Å²) in [5.74, 6) is -0.446. The minimum Gasteiger partial charge on any atom is -0.507 e. The van der Waals surface area contributed by atoms with Crippen molar-refractivity contribution < 1.29 is 28.9 Å². The van der Waals surface area contributed by atoms with E-state index in [1.807, 2.05) is 6.92 Å². The number of Topliss-reactive ketones (excluding diaryl/α,β-unsaturated/α-hetero) is 1. The third kappa shape index (κ3) is 4.84. The van der Waals surface area contributed by atoms with Crippen LogP contribution in [0.2, 0.25) is 0 Å². The Morgan fingerprint density at radius 2 is 1.88 bits per heavy atom. The zero-order chi connectivity index (χ0) is 23.1. The molecule has 7 heteroatoms. The van der Waals surface area contributed by atoms with Crippen molar-refractivity contribution in [3.05, 3.63) is 77.9 Å². The van der Waals surface area contributed by atoms with Crippen LogP contribution in [0.3, 0.4) is 0 Å². The molecule has 0 saturated carbocycles. The molecule has 1 aliphatic heterocycles. The SMILES string of the molecule is C=CCOc1ccc(/C(O)=C2/C(=O)C(=O)N(CCOC)C2c2cccc(OCC)c2)cc1. The number of ketones is 1. The maximum absolute atomic E-state index is 13.0. The molecule has 1 heterocycles. The van der Waals surface area contributed by atoms with Gasteiger partial charge < -0.3 is 24.2 Å². The highest BCUT2D eigenvalue weighted by Gasteiger charge is 2.46. The van der Waals surface area contributed by atoms with E-state index in [-0.39, 0.29) is 24.5 Å². The molecule has 1 unspecified atom stereocenters. The van der Waals surface area contributed by atoms with Crippen LogP contribution in [0.5, 0.6) is 11.5 Å². The number of likely N-dealkylation sites (tertiary alicyclic amines) is 1. The summed E-state index contributed by atoms with van der Waals surface area (Å²) in [6, 6.07) is 13.1. The van der Waals surface area contributed by atoms with Crippen LogP contribution < -0.4 is 9.47 Å². The number of aliphatic hydroxyl groups is 1. The molecule has 2 aromatic rings. The standard InChI is InChI=1S/C25H27NO6/c1-4-14-32-19-11-9-17(10-12-19)23(27)21-22(18-7-6-8-20(16-18)31-5-2)26(13-15-30-3)25(29)24(21)28/h4,6-12,16,22,27H,1,5,13-15H2,2-3H3/b23-21-. The monoisotopic (exact) mass is 437 g/mol. The molecule has 1 fully saturated rings. The summed E-state index contributed by atoms with van der Waals surface area (Å²) >= 11 is 0. The van der Waals surface area contributed by atoms with Crippen molar-refractivity contribution in [2.45, 2.75) is 13.0 Å². The van der Waals surface area contributed by atoms with Crippen LogP contribution >= 0.6 is 0 Å². The van der Waals surface area contributed by atoms with Crippen molar-refractivity contribution in [1.29, 1.82) is 0 Å². The highest BCUT2D eigenvalue weighted by atomic mass is 16.5. The summed E-state index contributed by atoms with van der Waals surface area (Å²) in [7, 11) is 1.53. The molecule has 0 bridgehead atoms. The molecular formula is C25H27NO6. The maximum Gasteiger partial charge on any atom is 0.295 e. The molecule has 3 rings (SSSR count). The second kappa shape index (κ2) is 10.6. The zero-order valence-electron chi connectivity index (χ0n) is 18.2. The first-order valence-corrected chi connectivity index (χ1v) is 10.4. The molecule has 1 aliphatic rings. The van der Waals surface area contributed by atoms with Gasteiger partial charge in [-0.15, -0.1) is 0 Å². The van der Waals surface area contributed by atoms with Crippen LogP contribution in [-0.4, -0.2) is 55.2 Å². The fourth-order valence-electron chi connectivity index (χ4n) is 3.61. The van der Waals surface area contributed by atoms with Crippen LogP contribution in [0.15, 0.2) is 66.8 Å². The van der Waals surface area contributed by atoms with Gasteiger partial charge in [0, 0.05) is 19.2 Å². The summed E-state index contributed by atoms with van der Waals surface area (Å²) < 4.78 is 16.2. The van der Waals surface area contributed by atoms with E-state index in [1.54, 1.807) is 54.6 Å². The number of methoxy groups -OCH3 is 1. The Hall–Kier alpha value is -3.58. The molecule has 1 amide bonds. The van der Waals surface area contributed by atoms with E-state index >= 15 is 0 Å². The van der Waals surface area contributed by atoms with Crippen LogP contribution in [0.25, 0.3) is 5.76 Å². The lowest BCUT2D eigenvalue weighted by Gasteiger charge is -2.25.